The van der Waals surface area contributed by atoms with E-state index < -0.39 is 0 Å². The van der Waals surface area contributed by atoms with Crippen molar-refractivity contribution < 1.29 is 4.39 Å². The van der Waals surface area contributed by atoms with E-state index in [4.69, 9.17) is 5.26 Å². The van der Waals surface area contributed by atoms with Crippen LogP contribution in [-0.2, 0) is 0 Å². The molecule has 0 aromatic heterocycles. The third kappa shape index (κ3) is 3.32. The molecule has 0 fully saturated rings. The molecule has 3 heteroatoms. The van der Waals surface area contributed by atoms with Crippen molar-refractivity contribution in [2.45, 2.75) is 26.8 Å². The Balaban J connectivity index is 2.84. The summed E-state index contributed by atoms with van der Waals surface area (Å²) >= 11 is 0. The molecule has 1 N–H and O–H groups in total. The smallest absolute Gasteiger partial charge is 0.123 e. The molecule has 0 spiro atoms. The van der Waals surface area contributed by atoms with Crippen LogP contribution in [0.15, 0.2) is 18.2 Å². The van der Waals surface area contributed by atoms with E-state index in [1.807, 2.05) is 6.92 Å². The van der Waals surface area contributed by atoms with E-state index in [9.17, 15) is 4.39 Å². The molecule has 86 valence electrons. The Kier molecular flexibility index (Phi) is 4.45. The second-order valence-electron chi connectivity index (χ2n) is 4.37. The minimum absolute atomic E-state index is 0.262. The van der Waals surface area contributed by atoms with Crippen molar-refractivity contribution in [1.82, 2.24) is 5.32 Å². The number of halogens is 1. The molecule has 0 aliphatic carbocycles. The molecule has 1 rings (SSSR count). The summed E-state index contributed by atoms with van der Waals surface area (Å²) < 4.78 is 12.9. The summed E-state index contributed by atoms with van der Waals surface area (Å²) in [5.74, 6) is 0.221. The Labute approximate surface area is 96.1 Å². The molecule has 1 unspecified atom stereocenters. The van der Waals surface area contributed by atoms with Gasteiger partial charge in [0.15, 0.2) is 0 Å². The Bertz CT molecular complexity index is 393. The first-order valence-electron chi connectivity index (χ1n) is 5.43. The average molecular weight is 220 g/mol. The van der Waals surface area contributed by atoms with Crippen molar-refractivity contribution in [3.63, 3.8) is 0 Å². The fourth-order valence-electron chi connectivity index (χ4n) is 1.54. The number of rotatable bonds is 4. The summed E-state index contributed by atoms with van der Waals surface area (Å²) in [5, 5.41) is 12.2. The van der Waals surface area contributed by atoms with Gasteiger partial charge in [-0.2, -0.15) is 5.26 Å². The van der Waals surface area contributed by atoms with Gasteiger partial charge in [-0.3, -0.25) is 5.32 Å². The molecule has 1 aromatic carbocycles. The summed E-state index contributed by atoms with van der Waals surface area (Å²) in [6.07, 6.45) is 0. The minimum Gasteiger partial charge on any atom is -0.298 e. The highest BCUT2D eigenvalue weighted by Gasteiger charge is 2.13. The molecular weight excluding hydrogens is 203 g/mol. The van der Waals surface area contributed by atoms with Crippen molar-refractivity contribution in [3.05, 3.63) is 35.1 Å². The zero-order valence-corrected chi connectivity index (χ0v) is 9.92. The molecule has 0 radical (unpaired) electrons. The van der Waals surface area contributed by atoms with Gasteiger partial charge in [0.25, 0.3) is 0 Å². The van der Waals surface area contributed by atoms with Crippen LogP contribution in [0, 0.1) is 30.0 Å². The van der Waals surface area contributed by atoms with E-state index in [0.717, 1.165) is 17.7 Å². The van der Waals surface area contributed by atoms with Gasteiger partial charge in [-0.15, -0.1) is 0 Å². The zero-order valence-electron chi connectivity index (χ0n) is 9.92. The van der Waals surface area contributed by atoms with Crippen molar-refractivity contribution in [3.8, 4) is 6.07 Å². The second kappa shape index (κ2) is 5.62. The summed E-state index contributed by atoms with van der Waals surface area (Å²) in [7, 11) is 0. The van der Waals surface area contributed by atoms with Gasteiger partial charge in [0.05, 0.1) is 6.07 Å². The van der Waals surface area contributed by atoms with Gasteiger partial charge >= 0.3 is 0 Å². The summed E-state index contributed by atoms with van der Waals surface area (Å²) in [6, 6.07) is 6.36. The predicted octanol–water partition coefficient (Wildman–Crippen LogP) is 2.94. The quantitative estimate of drug-likeness (QED) is 0.846. The fraction of sp³-hybridized carbons (Fsp3) is 0.462. The topological polar surface area (TPSA) is 35.8 Å². The van der Waals surface area contributed by atoms with Gasteiger partial charge < -0.3 is 0 Å². The maximum Gasteiger partial charge on any atom is 0.123 e. The number of hydrogen-bond donors (Lipinski definition) is 1. The third-order valence-electron chi connectivity index (χ3n) is 2.40. The largest absolute Gasteiger partial charge is 0.298 e. The number of aryl methyl sites for hydroxylation is 1. The lowest BCUT2D eigenvalue weighted by Crippen LogP contribution is -2.24. The van der Waals surface area contributed by atoms with E-state index in [-0.39, 0.29) is 11.9 Å². The number of benzene rings is 1. The van der Waals surface area contributed by atoms with Crippen LogP contribution in [0.4, 0.5) is 4.39 Å². The van der Waals surface area contributed by atoms with Crippen LogP contribution in [0.25, 0.3) is 0 Å². The van der Waals surface area contributed by atoms with Crippen LogP contribution in [0.5, 0.6) is 0 Å². The van der Waals surface area contributed by atoms with Crippen molar-refractivity contribution in [2.24, 2.45) is 5.92 Å². The van der Waals surface area contributed by atoms with E-state index in [2.05, 4.69) is 25.2 Å². The fourth-order valence-corrected chi connectivity index (χ4v) is 1.54. The lowest BCUT2D eigenvalue weighted by Gasteiger charge is -2.15. The zero-order chi connectivity index (χ0) is 12.1. The molecular formula is C13H17FN2. The van der Waals surface area contributed by atoms with Crippen LogP contribution >= 0.6 is 0 Å². The van der Waals surface area contributed by atoms with Crippen LogP contribution in [0.3, 0.4) is 0 Å². The molecule has 1 atom stereocenters. The van der Waals surface area contributed by atoms with Crippen LogP contribution in [-0.4, -0.2) is 6.54 Å². The SMILES string of the molecule is Cc1cc(F)ccc1C(C#N)NCC(C)C. The summed E-state index contributed by atoms with van der Waals surface area (Å²) in [6.45, 7) is 6.76. The number of nitrogens with one attached hydrogen (secondary N) is 1. The monoisotopic (exact) mass is 220 g/mol. The van der Waals surface area contributed by atoms with Gasteiger partial charge in [0.2, 0.25) is 0 Å². The van der Waals surface area contributed by atoms with Gasteiger partial charge in [0, 0.05) is 0 Å². The first-order chi connectivity index (χ1) is 7.54. The highest BCUT2D eigenvalue weighted by Crippen LogP contribution is 2.18. The molecule has 0 aliphatic rings. The van der Waals surface area contributed by atoms with Crippen LogP contribution in [0.2, 0.25) is 0 Å². The lowest BCUT2D eigenvalue weighted by molar-refractivity contribution is 0.523. The molecule has 16 heavy (non-hydrogen) atoms. The van der Waals surface area contributed by atoms with E-state index in [0.29, 0.717) is 5.92 Å². The highest BCUT2D eigenvalue weighted by molar-refractivity contribution is 5.32. The number of hydrogen-bond acceptors (Lipinski definition) is 2. The molecule has 0 saturated heterocycles. The van der Waals surface area contributed by atoms with E-state index in [1.165, 1.54) is 12.1 Å². The predicted molar refractivity (Wildman–Crippen MR) is 62.3 cm³/mol. The summed E-state index contributed by atoms with van der Waals surface area (Å²) in [4.78, 5) is 0. The molecule has 0 saturated carbocycles. The van der Waals surface area contributed by atoms with Crippen molar-refractivity contribution in [1.29, 1.82) is 5.26 Å². The average Bonchev–Trinajstić information content (AvgIpc) is 2.21. The van der Waals surface area contributed by atoms with Gasteiger partial charge in [-0.25, -0.2) is 4.39 Å². The number of nitriles is 1. The van der Waals surface area contributed by atoms with E-state index >= 15 is 0 Å². The molecule has 0 amide bonds. The Morgan fingerprint density at radius 2 is 2.12 bits per heavy atom. The van der Waals surface area contributed by atoms with Crippen molar-refractivity contribution in [2.75, 3.05) is 6.54 Å². The maximum absolute atomic E-state index is 12.9. The van der Waals surface area contributed by atoms with E-state index in [1.54, 1.807) is 6.07 Å². The third-order valence-corrected chi connectivity index (χ3v) is 2.40. The van der Waals surface area contributed by atoms with Gasteiger partial charge in [-0.05, 0) is 42.6 Å². The number of nitrogens with zero attached hydrogens (tertiary/aromatic N) is 1. The van der Waals surface area contributed by atoms with Gasteiger partial charge in [0.1, 0.15) is 11.9 Å². The Hall–Kier alpha value is -1.40. The normalized spacial score (nSPS) is 12.5. The molecule has 0 heterocycles. The van der Waals surface area contributed by atoms with Crippen LogP contribution < -0.4 is 5.32 Å². The second-order valence-corrected chi connectivity index (χ2v) is 4.37. The van der Waals surface area contributed by atoms with Crippen LogP contribution in [0.1, 0.15) is 31.0 Å². The van der Waals surface area contributed by atoms with Gasteiger partial charge in [-0.1, -0.05) is 19.9 Å². The molecule has 2 nitrogen and oxygen atoms in total. The lowest BCUT2D eigenvalue weighted by atomic mass is 10.0. The minimum atomic E-state index is -0.358. The Morgan fingerprint density at radius 1 is 1.44 bits per heavy atom. The standard InChI is InChI=1S/C13H17FN2/c1-9(2)8-16-13(7-15)12-5-4-11(14)6-10(12)3/h4-6,9,13,16H,8H2,1-3H3. The first kappa shape index (κ1) is 12.7. The molecule has 1 aromatic rings. The summed E-state index contributed by atoms with van der Waals surface area (Å²) in [5.41, 5.74) is 1.66. The maximum atomic E-state index is 12.9. The first-order valence-corrected chi connectivity index (χ1v) is 5.43. The Morgan fingerprint density at radius 3 is 2.62 bits per heavy atom. The molecule has 0 bridgehead atoms. The molecule has 0 aliphatic heterocycles. The van der Waals surface area contributed by atoms with Crippen molar-refractivity contribution >= 4 is 0 Å². The highest BCUT2D eigenvalue weighted by atomic mass is 19.1.